The molecule has 1 aromatic rings. The summed E-state index contributed by atoms with van der Waals surface area (Å²) in [5.41, 5.74) is 0.133. The monoisotopic (exact) mass is 194 g/mol. The molecule has 11 heavy (non-hydrogen) atoms. The van der Waals surface area contributed by atoms with Crippen LogP contribution in [0.4, 0.5) is 4.39 Å². The molecular weight excluding hydrogens is 190 g/mol. The fourth-order valence-electron chi connectivity index (χ4n) is 0.708. The van der Waals surface area contributed by atoms with Crippen LogP contribution in [0.2, 0.25) is 5.02 Å². The van der Waals surface area contributed by atoms with Crippen LogP contribution >= 0.6 is 23.2 Å². The van der Waals surface area contributed by atoms with Gasteiger partial charge in [-0.05, 0) is 12.1 Å². The third-order valence-electron chi connectivity index (χ3n) is 1.30. The Morgan fingerprint density at radius 3 is 2.55 bits per heavy atom. The maximum Gasteiger partial charge on any atom is 0.134 e. The molecule has 0 unspecified atom stereocenters. The van der Waals surface area contributed by atoms with Crippen LogP contribution in [0.25, 0.3) is 0 Å². The van der Waals surface area contributed by atoms with Crippen LogP contribution in [0.15, 0.2) is 12.1 Å². The van der Waals surface area contributed by atoms with E-state index in [9.17, 15) is 4.39 Å². The number of phenols is 1. The first-order valence-corrected chi connectivity index (χ1v) is 3.80. The van der Waals surface area contributed by atoms with Crippen molar-refractivity contribution in [3.63, 3.8) is 0 Å². The molecule has 0 saturated heterocycles. The molecule has 0 atom stereocenters. The largest absolute Gasteiger partial charge is 0.506 e. The Labute approximate surface area is 73.4 Å². The predicted molar refractivity (Wildman–Crippen MR) is 42.6 cm³/mol. The molecule has 4 heteroatoms. The standard InChI is InChI=1S/C7H5Cl2FO/c8-3-4-5(10)1-2-6(11)7(4)9/h1-2,11H,3H2. The molecule has 0 saturated carbocycles. The Morgan fingerprint density at radius 2 is 2.09 bits per heavy atom. The highest BCUT2D eigenvalue weighted by Gasteiger charge is 2.09. The summed E-state index contributed by atoms with van der Waals surface area (Å²) in [5.74, 6) is -0.689. The molecule has 1 N–H and O–H groups in total. The van der Waals surface area contributed by atoms with Crippen LogP contribution in [0.1, 0.15) is 5.56 Å². The topological polar surface area (TPSA) is 20.2 Å². The second kappa shape index (κ2) is 3.28. The average Bonchev–Trinajstić information content (AvgIpc) is 1.99. The number of phenolic OH excluding ortho intramolecular Hbond substituents is 1. The van der Waals surface area contributed by atoms with Crippen molar-refractivity contribution in [1.29, 1.82) is 0 Å². The van der Waals surface area contributed by atoms with Crippen molar-refractivity contribution in [2.24, 2.45) is 0 Å². The molecule has 0 aliphatic carbocycles. The Bertz CT molecular complexity index is 275. The molecule has 0 aliphatic rings. The van der Waals surface area contributed by atoms with Crippen molar-refractivity contribution in [1.82, 2.24) is 0 Å². The normalized spacial score (nSPS) is 10.1. The van der Waals surface area contributed by atoms with Gasteiger partial charge in [-0.3, -0.25) is 0 Å². The van der Waals surface area contributed by atoms with Gasteiger partial charge in [0.15, 0.2) is 0 Å². The van der Waals surface area contributed by atoms with E-state index in [4.69, 9.17) is 28.3 Å². The molecule has 0 amide bonds. The molecule has 1 rings (SSSR count). The molecule has 0 heterocycles. The quantitative estimate of drug-likeness (QED) is 0.683. The highest BCUT2D eigenvalue weighted by atomic mass is 35.5. The van der Waals surface area contributed by atoms with Gasteiger partial charge in [0.2, 0.25) is 0 Å². The number of hydrogen-bond donors (Lipinski definition) is 1. The van der Waals surface area contributed by atoms with E-state index in [2.05, 4.69) is 0 Å². The minimum absolute atomic E-state index is 0.0139. The van der Waals surface area contributed by atoms with Crippen molar-refractivity contribution < 1.29 is 9.50 Å². The van der Waals surface area contributed by atoms with Gasteiger partial charge >= 0.3 is 0 Å². The summed E-state index contributed by atoms with van der Waals surface area (Å²) >= 11 is 10.9. The Hall–Kier alpha value is -0.470. The summed E-state index contributed by atoms with van der Waals surface area (Å²) in [6.45, 7) is 0. The van der Waals surface area contributed by atoms with Gasteiger partial charge in [0, 0.05) is 5.56 Å². The van der Waals surface area contributed by atoms with Gasteiger partial charge in [0.05, 0.1) is 10.9 Å². The van der Waals surface area contributed by atoms with E-state index in [1.165, 1.54) is 6.07 Å². The fraction of sp³-hybridized carbons (Fsp3) is 0.143. The lowest BCUT2D eigenvalue weighted by molar-refractivity contribution is 0.472. The van der Waals surface area contributed by atoms with E-state index in [1.807, 2.05) is 0 Å². The molecular formula is C7H5Cl2FO. The molecule has 1 nitrogen and oxygen atoms in total. The lowest BCUT2D eigenvalue weighted by atomic mass is 10.2. The number of hydrogen-bond acceptors (Lipinski definition) is 1. The first kappa shape index (κ1) is 8.62. The number of rotatable bonds is 1. The number of aromatic hydroxyl groups is 1. The molecule has 0 radical (unpaired) electrons. The Kier molecular flexibility index (Phi) is 2.58. The van der Waals surface area contributed by atoms with Crippen molar-refractivity contribution in [3.8, 4) is 5.75 Å². The maximum atomic E-state index is 12.8. The van der Waals surface area contributed by atoms with E-state index >= 15 is 0 Å². The second-order valence-corrected chi connectivity index (χ2v) is 2.64. The molecule has 0 bridgehead atoms. The van der Waals surface area contributed by atoms with Crippen molar-refractivity contribution in [2.45, 2.75) is 5.88 Å². The number of benzene rings is 1. The third kappa shape index (κ3) is 1.57. The molecule has 0 spiro atoms. The van der Waals surface area contributed by atoms with Crippen LogP contribution in [-0.2, 0) is 5.88 Å². The zero-order valence-electron chi connectivity index (χ0n) is 5.44. The fourth-order valence-corrected chi connectivity index (χ4v) is 1.26. The molecule has 0 aliphatic heterocycles. The van der Waals surface area contributed by atoms with Crippen molar-refractivity contribution in [2.75, 3.05) is 0 Å². The molecule has 60 valence electrons. The van der Waals surface area contributed by atoms with Crippen LogP contribution in [0.3, 0.4) is 0 Å². The smallest absolute Gasteiger partial charge is 0.134 e. The van der Waals surface area contributed by atoms with E-state index in [0.29, 0.717) is 0 Å². The first-order chi connectivity index (χ1) is 5.16. The van der Waals surface area contributed by atoms with E-state index in [0.717, 1.165) is 6.07 Å². The SMILES string of the molecule is Oc1ccc(F)c(CCl)c1Cl. The summed E-state index contributed by atoms with van der Waals surface area (Å²) in [6.07, 6.45) is 0. The zero-order chi connectivity index (χ0) is 8.43. The first-order valence-electron chi connectivity index (χ1n) is 2.88. The van der Waals surface area contributed by atoms with Gasteiger partial charge in [0.1, 0.15) is 11.6 Å². The zero-order valence-corrected chi connectivity index (χ0v) is 6.95. The van der Waals surface area contributed by atoms with Crippen LogP contribution in [0.5, 0.6) is 5.75 Å². The summed E-state index contributed by atoms with van der Waals surface area (Å²) in [5, 5.41) is 8.98. The molecule has 0 fully saturated rings. The van der Waals surface area contributed by atoms with Crippen LogP contribution < -0.4 is 0 Å². The number of alkyl halides is 1. The van der Waals surface area contributed by atoms with Gasteiger partial charge in [-0.1, -0.05) is 11.6 Å². The number of halogens is 3. The van der Waals surface area contributed by atoms with Crippen molar-refractivity contribution in [3.05, 3.63) is 28.5 Å². The summed E-state index contributed by atoms with van der Waals surface area (Å²) in [6, 6.07) is 2.31. The van der Waals surface area contributed by atoms with Gasteiger partial charge in [-0.15, -0.1) is 11.6 Å². The molecule has 0 aromatic heterocycles. The maximum absolute atomic E-state index is 12.8. The summed E-state index contributed by atoms with van der Waals surface area (Å²) in [4.78, 5) is 0. The van der Waals surface area contributed by atoms with E-state index in [-0.39, 0.29) is 22.2 Å². The highest BCUT2D eigenvalue weighted by Crippen LogP contribution is 2.29. The average molecular weight is 195 g/mol. The lowest BCUT2D eigenvalue weighted by Crippen LogP contribution is -1.87. The summed E-state index contributed by atoms with van der Waals surface area (Å²) < 4.78 is 12.8. The van der Waals surface area contributed by atoms with Crippen LogP contribution in [-0.4, -0.2) is 5.11 Å². The third-order valence-corrected chi connectivity index (χ3v) is 1.99. The lowest BCUT2D eigenvalue weighted by Gasteiger charge is -2.02. The van der Waals surface area contributed by atoms with Crippen LogP contribution in [0, 0.1) is 5.82 Å². The van der Waals surface area contributed by atoms with Gasteiger partial charge in [-0.2, -0.15) is 0 Å². The highest BCUT2D eigenvalue weighted by molar-refractivity contribution is 6.33. The predicted octanol–water partition coefficient (Wildman–Crippen LogP) is 2.92. The second-order valence-electron chi connectivity index (χ2n) is 1.99. The summed E-state index contributed by atoms with van der Waals surface area (Å²) in [7, 11) is 0. The minimum Gasteiger partial charge on any atom is -0.506 e. The van der Waals surface area contributed by atoms with Gasteiger partial charge in [-0.25, -0.2) is 4.39 Å². The van der Waals surface area contributed by atoms with Crippen molar-refractivity contribution >= 4 is 23.2 Å². The van der Waals surface area contributed by atoms with E-state index < -0.39 is 5.82 Å². The minimum atomic E-state index is -0.497. The van der Waals surface area contributed by atoms with Gasteiger partial charge < -0.3 is 5.11 Å². The molecule has 1 aromatic carbocycles. The Morgan fingerprint density at radius 1 is 1.45 bits per heavy atom. The Balaban J connectivity index is 3.29. The van der Waals surface area contributed by atoms with E-state index in [1.54, 1.807) is 0 Å². The van der Waals surface area contributed by atoms with Gasteiger partial charge in [0.25, 0.3) is 0 Å².